The second-order valence-corrected chi connectivity index (χ2v) is 11.0. The van der Waals surface area contributed by atoms with Gasteiger partial charge in [-0.15, -0.1) is 11.3 Å². The molecule has 0 spiro atoms. The Balaban J connectivity index is 1.25. The Morgan fingerprint density at radius 3 is 2.28 bits per heavy atom. The molecule has 1 aliphatic rings. The molecule has 1 heterocycles. The molecule has 8 nitrogen and oxygen atoms in total. The number of halogens is 1. The van der Waals surface area contributed by atoms with Gasteiger partial charge in [0.05, 0.1) is 22.3 Å². The maximum Gasteiger partial charge on any atom is 0.408 e. The van der Waals surface area contributed by atoms with Crippen molar-refractivity contribution in [3.63, 3.8) is 0 Å². The minimum atomic E-state index is -1.15. The van der Waals surface area contributed by atoms with Crippen molar-refractivity contribution in [2.75, 3.05) is 16.4 Å². The first-order valence-corrected chi connectivity index (χ1v) is 13.4. The molecule has 5 N–H and O–H groups in total. The zero-order chi connectivity index (χ0) is 27.6. The van der Waals surface area contributed by atoms with Gasteiger partial charge in [-0.1, -0.05) is 48.0 Å². The number of rotatable bonds is 8. The van der Waals surface area contributed by atoms with E-state index in [9.17, 15) is 19.5 Å². The van der Waals surface area contributed by atoms with Crippen LogP contribution in [0.3, 0.4) is 0 Å². The predicted molar refractivity (Wildman–Crippen MR) is 154 cm³/mol. The lowest BCUT2D eigenvalue weighted by Crippen LogP contribution is -2.48. The Bertz CT molecular complexity index is 1530. The number of carboxylic acid groups (broad SMARTS) is 1. The van der Waals surface area contributed by atoms with E-state index in [4.69, 9.17) is 17.3 Å². The summed E-state index contributed by atoms with van der Waals surface area (Å²) >= 11 is 7.48. The van der Waals surface area contributed by atoms with Gasteiger partial charge in [-0.2, -0.15) is 0 Å². The molecule has 4 aromatic rings. The molecule has 198 valence electrons. The highest BCUT2D eigenvalue weighted by Gasteiger charge is 2.56. The fraction of sp³-hybridized carbons (Fsp3) is 0.138. The summed E-state index contributed by atoms with van der Waals surface area (Å²) in [6.07, 6.45) is -0.267. The summed E-state index contributed by atoms with van der Waals surface area (Å²) in [6.45, 7) is 0.118. The number of nitrogens with one attached hydrogen (secondary N) is 2. The number of carbonyl (C=O) groups is 3. The summed E-state index contributed by atoms with van der Waals surface area (Å²) in [4.78, 5) is 40.3. The molecular formula is C29H25ClN4O4S. The number of thiophene rings is 1. The number of nitrogens with zero attached hydrogens (tertiary/aromatic N) is 1. The van der Waals surface area contributed by atoms with Crippen molar-refractivity contribution in [3.8, 4) is 10.4 Å². The van der Waals surface area contributed by atoms with E-state index in [0.29, 0.717) is 39.8 Å². The third-order valence-electron chi connectivity index (χ3n) is 6.64. The maximum atomic E-state index is 13.2. The second kappa shape index (κ2) is 10.8. The van der Waals surface area contributed by atoms with Crippen molar-refractivity contribution in [2.45, 2.75) is 24.9 Å². The second-order valence-electron chi connectivity index (χ2n) is 9.28. The van der Waals surface area contributed by atoms with Crippen LogP contribution in [0.15, 0.2) is 84.9 Å². The van der Waals surface area contributed by atoms with Gasteiger partial charge in [0.25, 0.3) is 11.8 Å². The van der Waals surface area contributed by atoms with Gasteiger partial charge in [-0.05, 0) is 72.5 Å². The van der Waals surface area contributed by atoms with E-state index in [0.717, 1.165) is 16.0 Å². The Morgan fingerprint density at radius 2 is 1.67 bits per heavy atom. The number of benzene rings is 3. The molecule has 3 amide bonds. The van der Waals surface area contributed by atoms with Crippen LogP contribution in [0.25, 0.3) is 10.4 Å². The van der Waals surface area contributed by atoms with Gasteiger partial charge in [0.15, 0.2) is 0 Å². The van der Waals surface area contributed by atoms with Crippen molar-refractivity contribution in [1.82, 2.24) is 4.90 Å². The van der Waals surface area contributed by atoms with E-state index in [1.807, 2.05) is 48.5 Å². The van der Waals surface area contributed by atoms with E-state index >= 15 is 0 Å². The van der Waals surface area contributed by atoms with Crippen LogP contribution < -0.4 is 16.4 Å². The van der Waals surface area contributed by atoms with E-state index in [1.165, 1.54) is 16.2 Å². The summed E-state index contributed by atoms with van der Waals surface area (Å²) < 4.78 is 0.666. The molecule has 0 saturated heterocycles. The average molecular weight is 561 g/mol. The molecular weight excluding hydrogens is 536 g/mol. The van der Waals surface area contributed by atoms with Gasteiger partial charge in [0.1, 0.15) is 5.54 Å². The zero-order valence-corrected chi connectivity index (χ0v) is 22.3. The number of nitrogen functional groups attached to an aromatic ring is 1. The summed E-state index contributed by atoms with van der Waals surface area (Å²) in [7, 11) is 0. The third kappa shape index (κ3) is 5.74. The Kier molecular flexibility index (Phi) is 7.28. The van der Waals surface area contributed by atoms with Gasteiger partial charge in [-0.3, -0.25) is 14.5 Å². The van der Waals surface area contributed by atoms with Crippen LogP contribution in [-0.4, -0.2) is 33.5 Å². The third-order valence-corrected chi connectivity index (χ3v) is 7.92. The van der Waals surface area contributed by atoms with Crippen molar-refractivity contribution < 1.29 is 19.5 Å². The van der Waals surface area contributed by atoms with Crippen LogP contribution >= 0.6 is 22.9 Å². The molecule has 0 aliphatic heterocycles. The lowest BCUT2D eigenvalue weighted by molar-refractivity contribution is -0.122. The summed E-state index contributed by atoms with van der Waals surface area (Å²) in [5, 5.41) is 15.5. The molecule has 1 aliphatic carbocycles. The monoisotopic (exact) mass is 560 g/mol. The normalized spacial score (nSPS) is 13.4. The number of hydrogen-bond acceptors (Lipinski definition) is 5. The van der Waals surface area contributed by atoms with Crippen LogP contribution in [0.1, 0.15) is 28.8 Å². The quantitative estimate of drug-likeness (QED) is 0.182. The first-order chi connectivity index (χ1) is 18.7. The van der Waals surface area contributed by atoms with E-state index in [-0.39, 0.29) is 12.5 Å². The van der Waals surface area contributed by atoms with Gasteiger partial charge in [0.2, 0.25) is 0 Å². The number of anilines is 3. The summed E-state index contributed by atoms with van der Waals surface area (Å²) in [5.41, 5.74) is 8.39. The van der Waals surface area contributed by atoms with Crippen LogP contribution in [-0.2, 0) is 11.3 Å². The fourth-order valence-corrected chi connectivity index (χ4v) is 5.38. The largest absolute Gasteiger partial charge is 0.465 e. The molecule has 39 heavy (non-hydrogen) atoms. The smallest absolute Gasteiger partial charge is 0.408 e. The minimum absolute atomic E-state index is 0.118. The Labute approximate surface area is 234 Å². The topological polar surface area (TPSA) is 125 Å². The molecule has 0 atom stereocenters. The lowest BCUT2D eigenvalue weighted by Gasteiger charge is -2.28. The maximum absolute atomic E-state index is 13.2. The highest BCUT2D eigenvalue weighted by molar-refractivity contribution is 7.19. The molecule has 0 unspecified atom stereocenters. The van der Waals surface area contributed by atoms with Crippen LogP contribution in [0.2, 0.25) is 4.34 Å². The van der Waals surface area contributed by atoms with E-state index in [2.05, 4.69) is 10.6 Å². The molecule has 1 aromatic heterocycles. The minimum Gasteiger partial charge on any atom is -0.465 e. The van der Waals surface area contributed by atoms with Crippen molar-refractivity contribution in [3.05, 3.63) is 100 Å². The molecule has 1 fully saturated rings. The van der Waals surface area contributed by atoms with Gasteiger partial charge in [0, 0.05) is 16.1 Å². The zero-order valence-electron chi connectivity index (χ0n) is 20.7. The molecule has 0 radical (unpaired) electrons. The standard InChI is InChI=1S/C29H25ClN4O4S/c30-25-13-12-24(39-25)20-8-11-22(31)23(16-20)33-26(35)19-6-9-21(10-7-19)32-27(36)29(14-15-29)34(28(37)38)17-18-4-2-1-3-5-18/h1-13,16H,14-15,17,31H2,(H,32,36)(H,33,35)(H,37,38). The summed E-state index contributed by atoms with van der Waals surface area (Å²) in [5.74, 6) is -0.754. The van der Waals surface area contributed by atoms with Crippen LogP contribution in [0, 0.1) is 0 Å². The molecule has 1 saturated carbocycles. The van der Waals surface area contributed by atoms with Crippen LogP contribution in [0.5, 0.6) is 0 Å². The predicted octanol–water partition coefficient (Wildman–Crippen LogP) is 6.55. The van der Waals surface area contributed by atoms with E-state index < -0.39 is 17.5 Å². The molecule has 5 rings (SSSR count). The average Bonchev–Trinajstić information content (AvgIpc) is 3.62. The first-order valence-electron chi connectivity index (χ1n) is 12.2. The highest BCUT2D eigenvalue weighted by Crippen LogP contribution is 2.44. The molecule has 10 heteroatoms. The Morgan fingerprint density at radius 1 is 0.949 bits per heavy atom. The van der Waals surface area contributed by atoms with Gasteiger partial charge >= 0.3 is 6.09 Å². The lowest BCUT2D eigenvalue weighted by atomic mass is 10.1. The first kappa shape index (κ1) is 26.3. The van der Waals surface area contributed by atoms with Gasteiger partial charge in [-0.25, -0.2) is 4.79 Å². The Hall–Kier alpha value is -4.34. The molecule has 3 aromatic carbocycles. The SMILES string of the molecule is Nc1ccc(-c2ccc(Cl)s2)cc1NC(=O)c1ccc(NC(=O)C2(N(Cc3ccccc3)C(=O)O)CC2)cc1. The van der Waals surface area contributed by atoms with Gasteiger partial charge < -0.3 is 21.5 Å². The summed E-state index contributed by atoms with van der Waals surface area (Å²) in [6, 6.07) is 24.7. The molecule has 0 bridgehead atoms. The number of nitrogens with two attached hydrogens (primary N) is 1. The van der Waals surface area contributed by atoms with Crippen molar-refractivity contribution in [2.24, 2.45) is 0 Å². The van der Waals surface area contributed by atoms with E-state index in [1.54, 1.807) is 36.4 Å². The van der Waals surface area contributed by atoms with Crippen molar-refractivity contribution in [1.29, 1.82) is 0 Å². The number of hydrogen-bond donors (Lipinski definition) is 4. The highest BCUT2D eigenvalue weighted by atomic mass is 35.5. The fourth-order valence-electron chi connectivity index (χ4n) is 4.34. The van der Waals surface area contributed by atoms with Crippen LogP contribution in [0.4, 0.5) is 21.9 Å². The number of amides is 3. The van der Waals surface area contributed by atoms with Crippen molar-refractivity contribution >= 4 is 57.9 Å². The number of carbonyl (C=O) groups excluding carboxylic acids is 2.